The predicted molar refractivity (Wildman–Crippen MR) is 78.9 cm³/mol. The van der Waals surface area contributed by atoms with E-state index >= 15 is 0 Å². The van der Waals surface area contributed by atoms with Crippen LogP contribution in [0.4, 0.5) is 0 Å². The second-order valence-corrected chi connectivity index (χ2v) is 6.17. The molecular weight excluding hydrogens is 240 g/mol. The number of nitrogens with one attached hydrogen (secondary N) is 1. The third-order valence-electron chi connectivity index (χ3n) is 3.43. The Bertz CT molecular complexity index is 515. The van der Waals surface area contributed by atoms with Gasteiger partial charge in [0.05, 0.1) is 5.52 Å². The molecule has 0 amide bonds. The molecule has 0 spiro atoms. The lowest BCUT2D eigenvalue weighted by Crippen LogP contribution is -2.22. The van der Waals surface area contributed by atoms with Crippen LogP contribution in [0.25, 0.3) is 10.9 Å². The third kappa shape index (κ3) is 2.68. The molecule has 1 N–H and O–H groups in total. The molecule has 0 saturated carbocycles. The van der Waals surface area contributed by atoms with Crippen molar-refractivity contribution in [1.82, 2.24) is 10.3 Å². The summed E-state index contributed by atoms with van der Waals surface area (Å²) < 4.78 is 0. The predicted octanol–water partition coefficient (Wildman–Crippen LogP) is 3.22. The molecule has 1 saturated heterocycles. The zero-order valence-electron chi connectivity index (χ0n) is 10.4. The summed E-state index contributed by atoms with van der Waals surface area (Å²) in [7, 11) is 0. The molecule has 94 valence electrons. The van der Waals surface area contributed by atoms with Crippen LogP contribution >= 0.6 is 11.8 Å². The highest BCUT2D eigenvalue weighted by Crippen LogP contribution is 2.25. The van der Waals surface area contributed by atoms with E-state index < -0.39 is 0 Å². The van der Waals surface area contributed by atoms with Crippen LogP contribution in [0.1, 0.15) is 18.4 Å². The van der Waals surface area contributed by atoms with Gasteiger partial charge >= 0.3 is 0 Å². The van der Waals surface area contributed by atoms with E-state index in [0.29, 0.717) is 0 Å². The van der Waals surface area contributed by atoms with E-state index in [9.17, 15) is 0 Å². The van der Waals surface area contributed by atoms with Crippen LogP contribution in [0.5, 0.6) is 0 Å². The van der Waals surface area contributed by atoms with Crippen LogP contribution in [-0.4, -0.2) is 22.5 Å². The minimum Gasteiger partial charge on any atom is -0.311 e. The summed E-state index contributed by atoms with van der Waals surface area (Å²) in [6, 6.07) is 10.5. The van der Waals surface area contributed by atoms with Crippen LogP contribution in [0.2, 0.25) is 0 Å². The van der Waals surface area contributed by atoms with E-state index in [0.717, 1.165) is 23.9 Å². The highest BCUT2D eigenvalue weighted by atomic mass is 32.2. The smallest absolute Gasteiger partial charge is 0.0746 e. The van der Waals surface area contributed by atoms with E-state index in [1.807, 2.05) is 12.3 Å². The van der Waals surface area contributed by atoms with E-state index in [-0.39, 0.29) is 0 Å². The Morgan fingerprint density at radius 1 is 1.28 bits per heavy atom. The van der Waals surface area contributed by atoms with Crippen molar-refractivity contribution >= 4 is 22.7 Å². The molecule has 1 aromatic carbocycles. The first-order chi connectivity index (χ1) is 8.93. The van der Waals surface area contributed by atoms with Crippen molar-refractivity contribution < 1.29 is 0 Å². The first kappa shape index (κ1) is 12.0. The summed E-state index contributed by atoms with van der Waals surface area (Å²) in [5.41, 5.74) is 2.43. The van der Waals surface area contributed by atoms with Gasteiger partial charge < -0.3 is 5.32 Å². The lowest BCUT2D eigenvalue weighted by molar-refractivity contribution is 0.647. The molecule has 1 unspecified atom stereocenters. The molecule has 1 fully saturated rings. The topological polar surface area (TPSA) is 24.9 Å². The Balaban J connectivity index is 1.66. The molecule has 2 aromatic rings. The monoisotopic (exact) mass is 258 g/mol. The zero-order chi connectivity index (χ0) is 12.2. The normalized spacial score (nSPS) is 19.4. The summed E-state index contributed by atoms with van der Waals surface area (Å²) in [5.74, 6) is 1.34. The summed E-state index contributed by atoms with van der Waals surface area (Å²) >= 11 is 2.10. The maximum absolute atomic E-state index is 4.49. The van der Waals surface area contributed by atoms with Gasteiger partial charge in [-0.1, -0.05) is 24.3 Å². The minimum absolute atomic E-state index is 0.813. The molecule has 2 heterocycles. The molecule has 1 aliphatic rings. The van der Waals surface area contributed by atoms with Gasteiger partial charge in [-0.2, -0.15) is 11.8 Å². The number of thioether (sulfide) groups is 1. The van der Waals surface area contributed by atoms with Crippen LogP contribution in [0, 0.1) is 0 Å². The standard InChI is InChI=1S/C15H18N2S/c1-4-12-6-2-8-17-15(12)13(5-1)10-16-11-14-7-3-9-18-14/h1-2,4-6,8,14,16H,3,7,9-11H2. The largest absolute Gasteiger partial charge is 0.311 e. The zero-order valence-corrected chi connectivity index (χ0v) is 11.2. The van der Waals surface area contributed by atoms with Crippen molar-refractivity contribution in [3.8, 4) is 0 Å². The number of hydrogen-bond donors (Lipinski definition) is 1. The molecule has 1 atom stereocenters. The molecule has 2 nitrogen and oxygen atoms in total. The van der Waals surface area contributed by atoms with E-state index in [4.69, 9.17) is 0 Å². The fraction of sp³-hybridized carbons (Fsp3) is 0.400. The maximum atomic E-state index is 4.49. The lowest BCUT2D eigenvalue weighted by atomic mass is 10.1. The lowest BCUT2D eigenvalue weighted by Gasteiger charge is -2.11. The van der Waals surface area contributed by atoms with Gasteiger partial charge in [-0.05, 0) is 30.2 Å². The fourth-order valence-corrected chi connectivity index (χ4v) is 3.72. The average Bonchev–Trinajstić information content (AvgIpc) is 2.92. The van der Waals surface area contributed by atoms with Crippen molar-refractivity contribution in [2.24, 2.45) is 0 Å². The third-order valence-corrected chi connectivity index (χ3v) is 4.83. The minimum atomic E-state index is 0.813. The molecule has 0 aliphatic carbocycles. The Labute approximate surface area is 112 Å². The van der Waals surface area contributed by atoms with E-state index in [1.165, 1.54) is 29.5 Å². The van der Waals surface area contributed by atoms with E-state index in [2.05, 4.69) is 46.3 Å². The van der Waals surface area contributed by atoms with Gasteiger partial charge in [0.25, 0.3) is 0 Å². The highest BCUT2D eigenvalue weighted by Gasteiger charge is 2.14. The van der Waals surface area contributed by atoms with Gasteiger partial charge in [0.2, 0.25) is 0 Å². The molecule has 1 aromatic heterocycles. The number of pyridine rings is 1. The van der Waals surface area contributed by atoms with Gasteiger partial charge in [0, 0.05) is 29.9 Å². The van der Waals surface area contributed by atoms with Gasteiger partial charge in [-0.25, -0.2) is 0 Å². The summed E-state index contributed by atoms with van der Waals surface area (Å²) in [6.07, 6.45) is 4.62. The quantitative estimate of drug-likeness (QED) is 0.911. The maximum Gasteiger partial charge on any atom is 0.0746 e. The highest BCUT2D eigenvalue weighted by molar-refractivity contribution is 8.00. The molecule has 18 heavy (non-hydrogen) atoms. The van der Waals surface area contributed by atoms with Crippen LogP contribution < -0.4 is 5.32 Å². The molecule has 3 rings (SSSR count). The number of fused-ring (bicyclic) bond motifs is 1. The Morgan fingerprint density at radius 3 is 3.11 bits per heavy atom. The molecule has 0 radical (unpaired) electrons. The number of aromatic nitrogens is 1. The van der Waals surface area contributed by atoms with Gasteiger partial charge in [-0.3, -0.25) is 4.98 Å². The molecule has 3 heteroatoms. The van der Waals surface area contributed by atoms with Crippen molar-refractivity contribution in [3.63, 3.8) is 0 Å². The molecule has 0 bridgehead atoms. The number of nitrogens with zero attached hydrogens (tertiary/aromatic N) is 1. The first-order valence-corrected chi connectivity index (χ1v) is 7.63. The summed E-state index contributed by atoms with van der Waals surface area (Å²) in [5, 5.41) is 5.62. The average molecular weight is 258 g/mol. The molecule has 1 aliphatic heterocycles. The first-order valence-electron chi connectivity index (χ1n) is 6.58. The van der Waals surface area contributed by atoms with Crippen LogP contribution in [0.3, 0.4) is 0 Å². The van der Waals surface area contributed by atoms with Crippen molar-refractivity contribution in [2.75, 3.05) is 12.3 Å². The summed E-state index contributed by atoms with van der Waals surface area (Å²) in [6.45, 7) is 2.04. The number of para-hydroxylation sites is 1. The Kier molecular flexibility index (Phi) is 3.81. The van der Waals surface area contributed by atoms with Gasteiger partial charge in [-0.15, -0.1) is 0 Å². The second-order valence-electron chi connectivity index (χ2n) is 4.76. The SMILES string of the molecule is c1cnc2c(CNCC3CCCS3)cccc2c1. The number of rotatable bonds is 4. The van der Waals surface area contributed by atoms with Crippen LogP contribution in [0.15, 0.2) is 36.5 Å². The van der Waals surface area contributed by atoms with Gasteiger partial charge in [0.15, 0.2) is 0 Å². The van der Waals surface area contributed by atoms with E-state index in [1.54, 1.807) is 0 Å². The number of benzene rings is 1. The van der Waals surface area contributed by atoms with Crippen LogP contribution in [-0.2, 0) is 6.54 Å². The van der Waals surface area contributed by atoms with Crippen molar-refractivity contribution in [2.45, 2.75) is 24.6 Å². The Hall–Kier alpha value is -1.06. The Morgan fingerprint density at radius 2 is 2.22 bits per heavy atom. The van der Waals surface area contributed by atoms with Crippen molar-refractivity contribution in [3.05, 3.63) is 42.1 Å². The van der Waals surface area contributed by atoms with Crippen molar-refractivity contribution in [1.29, 1.82) is 0 Å². The molecular formula is C15H18N2S. The second kappa shape index (κ2) is 5.72. The van der Waals surface area contributed by atoms with Gasteiger partial charge in [0.1, 0.15) is 0 Å². The number of hydrogen-bond acceptors (Lipinski definition) is 3. The fourth-order valence-electron chi connectivity index (χ4n) is 2.48. The summed E-state index contributed by atoms with van der Waals surface area (Å²) in [4.78, 5) is 4.49.